The molecule has 0 saturated heterocycles. The molecule has 8 nitrogen and oxygen atoms in total. The molecule has 0 fully saturated rings. The molecule has 1 aliphatic rings. The van der Waals surface area contributed by atoms with E-state index in [0.29, 0.717) is 11.5 Å². The molecule has 1 aromatic heterocycles. The predicted octanol–water partition coefficient (Wildman–Crippen LogP) is 1.24. The standard InChI is InChI=1S/C12H10N2O6S/c15-12(16)9-4-8(5-13-9)21(17,18)14-7-1-2-10-11(3-7)20-6-19-10/h1-5,13-14H,6H2,(H,15,16). The van der Waals surface area contributed by atoms with E-state index in [2.05, 4.69) is 9.71 Å². The molecule has 0 amide bonds. The largest absolute Gasteiger partial charge is 0.477 e. The maximum atomic E-state index is 12.1. The minimum absolute atomic E-state index is 0.0886. The fourth-order valence-electron chi connectivity index (χ4n) is 1.83. The van der Waals surface area contributed by atoms with Crippen molar-refractivity contribution < 1.29 is 27.8 Å². The molecule has 0 spiro atoms. The van der Waals surface area contributed by atoms with Gasteiger partial charge >= 0.3 is 5.97 Å². The maximum absolute atomic E-state index is 12.1. The Hall–Kier alpha value is -2.68. The molecule has 0 unspecified atom stereocenters. The number of carbonyl (C=O) groups is 1. The van der Waals surface area contributed by atoms with Crippen LogP contribution < -0.4 is 14.2 Å². The zero-order chi connectivity index (χ0) is 15.0. The first-order valence-electron chi connectivity index (χ1n) is 5.80. The first-order valence-corrected chi connectivity index (χ1v) is 7.28. The van der Waals surface area contributed by atoms with E-state index in [1.807, 2.05) is 0 Å². The van der Waals surface area contributed by atoms with Crippen molar-refractivity contribution in [3.63, 3.8) is 0 Å². The van der Waals surface area contributed by atoms with Gasteiger partial charge in [0.1, 0.15) is 10.6 Å². The van der Waals surface area contributed by atoms with Gasteiger partial charge in [-0.1, -0.05) is 0 Å². The second-order valence-electron chi connectivity index (χ2n) is 4.23. The lowest BCUT2D eigenvalue weighted by atomic mass is 10.3. The fourth-order valence-corrected chi connectivity index (χ4v) is 2.87. The van der Waals surface area contributed by atoms with Crippen molar-refractivity contribution in [2.24, 2.45) is 0 Å². The lowest BCUT2D eigenvalue weighted by Crippen LogP contribution is -2.12. The Labute approximate surface area is 119 Å². The van der Waals surface area contributed by atoms with Gasteiger partial charge in [0, 0.05) is 12.3 Å². The summed E-state index contributed by atoms with van der Waals surface area (Å²) in [6.07, 6.45) is 1.11. The number of aromatic nitrogens is 1. The van der Waals surface area contributed by atoms with Gasteiger partial charge in [0.15, 0.2) is 11.5 Å². The Kier molecular flexibility index (Phi) is 2.98. The molecular weight excluding hydrogens is 300 g/mol. The number of ether oxygens (including phenoxy) is 2. The molecule has 3 rings (SSSR count). The van der Waals surface area contributed by atoms with E-state index < -0.39 is 16.0 Å². The Morgan fingerprint density at radius 2 is 2.00 bits per heavy atom. The molecule has 3 N–H and O–H groups in total. The van der Waals surface area contributed by atoms with E-state index in [-0.39, 0.29) is 23.1 Å². The van der Waals surface area contributed by atoms with Gasteiger partial charge in [0.05, 0.1) is 5.69 Å². The molecule has 0 aliphatic carbocycles. The molecular formula is C12H10N2O6S. The molecule has 0 radical (unpaired) electrons. The predicted molar refractivity (Wildman–Crippen MR) is 71.1 cm³/mol. The summed E-state index contributed by atoms with van der Waals surface area (Å²) in [5, 5.41) is 8.78. The summed E-state index contributed by atoms with van der Waals surface area (Å²) in [4.78, 5) is 13.0. The minimum Gasteiger partial charge on any atom is -0.477 e. The van der Waals surface area contributed by atoms with Crippen molar-refractivity contribution in [1.29, 1.82) is 0 Å². The molecule has 0 atom stereocenters. The summed E-state index contributed by atoms with van der Waals surface area (Å²) in [6.45, 7) is 0.0886. The third-order valence-corrected chi connectivity index (χ3v) is 4.18. The van der Waals surface area contributed by atoms with Gasteiger partial charge in [0.2, 0.25) is 6.79 Å². The third-order valence-electron chi connectivity index (χ3n) is 2.82. The van der Waals surface area contributed by atoms with Crippen LogP contribution in [0.25, 0.3) is 0 Å². The number of carboxylic acids is 1. The van der Waals surface area contributed by atoms with Crippen LogP contribution in [-0.4, -0.2) is 31.3 Å². The Bertz CT molecular complexity index is 811. The number of nitrogens with one attached hydrogen (secondary N) is 2. The second kappa shape index (κ2) is 4.70. The molecule has 0 saturated carbocycles. The molecule has 0 bridgehead atoms. The van der Waals surface area contributed by atoms with Crippen molar-refractivity contribution in [1.82, 2.24) is 4.98 Å². The first kappa shape index (κ1) is 13.3. The van der Waals surface area contributed by atoms with E-state index in [0.717, 1.165) is 12.3 Å². The summed E-state index contributed by atoms with van der Waals surface area (Å²) in [6, 6.07) is 5.64. The van der Waals surface area contributed by atoms with Crippen LogP contribution in [0.2, 0.25) is 0 Å². The maximum Gasteiger partial charge on any atom is 0.352 e. The van der Waals surface area contributed by atoms with Gasteiger partial charge in [-0.15, -0.1) is 0 Å². The van der Waals surface area contributed by atoms with Crippen LogP contribution in [0.5, 0.6) is 11.5 Å². The Morgan fingerprint density at radius 1 is 1.24 bits per heavy atom. The lowest BCUT2D eigenvalue weighted by Gasteiger charge is -2.07. The highest BCUT2D eigenvalue weighted by molar-refractivity contribution is 7.92. The van der Waals surface area contributed by atoms with Gasteiger partial charge in [-0.2, -0.15) is 0 Å². The summed E-state index contributed by atoms with van der Waals surface area (Å²) >= 11 is 0. The highest BCUT2D eigenvalue weighted by Crippen LogP contribution is 2.34. The average molecular weight is 310 g/mol. The summed E-state index contributed by atoms with van der Waals surface area (Å²) in [5.41, 5.74) is 0.0818. The highest BCUT2D eigenvalue weighted by atomic mass is 32.2. The van der Waals surface area contributed by atoms with Crippen LogP contribution in [0.15, 0.2) is 35.4 Å². The number of hydrogen-bond donors (Lipinski definition) is 3. The first-order chi connectivity index (χ1) is 9.95. The number of sulfonamides is 1. The van der Waals surface area contributed by atoms with Gasteiger partial charge in [-0.3, -0.25) is 4.72 Å². The average Bonchev–Trinajstić information content (AvgIpc) is 3.07. The SMILES string of the molecule is O=C(O)c1cc(S(=O)(=O)Nc2ccc3c(c2)OCO3)c[nH]1. The third kappa shape index (κ3) is 2.50. The van der Waals surface area contributed by atoms with Crippen LogP contribution in [0.4, 0.5) is 5.69 Å². The van der Waals surface area contributed by atoms with E-state index in [1.54, 1.807) is 6.07 Å². The Morgan fingerprint density at radius 3 is 2.71 bits per heavy atom. The molecule has 2 aromatic rings. The molecule has 2 heterocycles. The normalized spacial score (nSPS) is 13.1. The topological polar surface area (TPSA) is 118 Å². The number of hydrogen-bond acceptors (Lipinski definition) is 5. The van der Waals surface area contributed by atoms with E-state index in [1.165, 1.54) is 12.1 Å². The quantitative estimate of drug-likeness (QED) is 0.782. The number of fused-ring (bicyclic) bond motifs is 1. The van der Waals surface area contributed by atoms with Crippen LogP contribution in [0, 0.1) is 0 Å². The number of aromatic amines is 1. The Balaban J connectivity index is 1.87. The van der Waals surface area contributed by atoms with Gasteiger partial charge in [0.25, 0.3) is 10.0 Å². The lowest BCUT2D eigenvalue weighted by molar-refractivity contribution is 0.0691. The molecule has 1 aromatic carbocycles. The van der Waals surface area contributed by atoms with Crippen LogP contribution in [0.1, 0.15) is 10.5 Å². The molecule has 9 heteroatoms. The van der Waals surface area contributed by atoms with Gasteiger partial charge < -0.3 is 19.6 Å². The van der Waals surface area contributed by atoms with Crippen molar-refractivity contribution in [3.05, 3.63) is 36.2 Å². The number of rotatable bonds is 4. The number of carboxylic acid groups (broad SMARTS) is 1. The van der Waals surface area contributed by atoms with E-state index in [4.69, 9.17) is 14.6 Å². The number of benzene rings is 1. The minimum atomic E-state index is -3.88. The van der Waals surface area contributed by atoms with Crippen molar-refractivity contribution in [3.8, 4) is 11.5 Å². The second-order valence-corrected chi connectivity index (χ2v) is 5.91. The molecule has 110 valence electrons. The summed E-state index contributed by atoms with van der Waals surface area (Å²) < 4.78 is 36.9. The number of anilines is 1. The zero-order valence-electron chi connectivity index (χ0n) is 10.5. The van der Waals surface area contributed by atoms with Crippen molar-refractivity contribution in [2.75, 3.05) is 11.5 Å². The highest BCUT2D eigenvalue weighted by Gasteiger charge is 2.20. The van der Waals surface area contributed by atoms with Crippen molar-refractivity contribution in [2.45, 2.75) is 4.90 Å². The summed E-state index contributed by atoms with van der Waals surface area (Å²) in [7, 11) is -3.88. The van der Waals surface area contributed by atoms with Crippen LogP contribution in [-0.2, 0) is 10.0 Å². The van der Waals surface area contributed by atoms with Crippen molar-refractivity contribution >= 4 is 21.7 Å². The monoisotopic (exact) mass is 310 g/mol. The van der Waals surface area contributed by atoms with E-state index >= 15 is 0 Å². The molecule has 21 heavy (non-hydrogen) atoms. The summed E-state index contributed by atoms with van der Waals surface area (Å²) in [5.74, 6) is -0.261. The van der Waals surface area contributed by atoms with Gasteiger partial charge in [-0.25, -0.2) is 13.2 Å². The molecule has 1 aliphatic heterocycles. The smallest absolute Gasteiger partial charge is 0.352 e. The van der Waals surface area contributed by atoms with Crippen LogP contribution >= 0.6 is 0 Å². The van der Waals surface area contributed by atoms with Gasteiger partial charge in [-0.05, 0) is 18.2 Å². The van der Waals surface area contributed by atoms with Crippen LogP contribution in [0.3, 0.4) is 0 Å². The number of H-pyrrole nitrogens is 1. The van der Waals surface area contributed by atoms with E-state index in [9.17, 15) is 13.2 Å². The zero-order valence-corrected chi connectivity index (χ0v) is 11.3. The number of aromatic carboxylic acids is 1. The fraction of sp³-hybridized carbons (Fsp3) is 0.0833.